The summed E-state index contributed by atoms with van der Waals surface area (Å²) in [5, 5.41) is 18.2. The second-order valence-corrected chi connectivity index (χ2v) is 3.06. The number of ether oxygens (including phenoxy) is 1. The summed E-state index contributed by atoms with van der Waals surface area (Å²) in [7, 11) is 1.49. The monoisotopic (exact) mass is 208 g/mol. The lowest BCUT2D eigenvalue weighted by molar-refractivity contribution is -0.132. The molecule has 2 N–H and O–H groups in total. The van der Waals surface area contributed by atoms with Gasteiger partial charge in [-0.3, -0.25) is 0 Å². The largest absolute Gasteiger partial charge is 0.507 e. The lowest BCUT2D eigenvalue weighted by Crippen LogP contribution is -1.95. The van der Waals surface area contributed by atoms with Crippen LogP contribution in [0, 0.1) is 0 Å². The first-order valence-corrected chi connectivity index (χ1v) is 4.33. The summed E-state index contributed by atoms with van der Waals surface area (Å²) in [6, 6.07) is 4.68. The van der Waals surface area contributed by atoms with Crippen molar-refractivity contribution in [1.29, 1.82) is 0 Å². The predicted octanol–water partition coefficient (Wildman–Crippen LogP) is 1.89. The third kappa shape index (κ3) is 2.74. The molecule has 0 spiro atoms. The molecule has 1 aromatic carbocycles. The quantitative estimate of drug-likeness (QED) is 0.744. The molecule has 0 aliphatic rings. The fourth-order valence-electron chi connectivity index (χ4n) is 1.07. The molecule has 80 valence electrons. The van der Waals surface area contributed by atoms with E-state index in [2.05, 4.69) is 0 Å². The zero-order valence-electron chi connectivity index (χ0n) is 8.52. The molecule has 0 saturated carbocycles. The van der Waals surface area contributed by atoms with E-state index < -0.39 is 5.97 Å². The fourth-order valence-corrected chi connectivity index (χ4v) is 1.07. The van der Waals surface area contributed by atoms with Crippen LogP contribution in [0.3, 0.4) is 0 Å². The van der Waals surface area contributed by atoms with Gasteiger partial charge in [0.05, 0.1) is 7.11 Å². The molecule has 4 nitrogen and oxygen atoms in total. The molecule has 0 aliphatic heterocycles. The molecule has 0 unspecified atom stereocenters. The van der Waals surface area contributed by atoms with Crippen molar-refractivity contribution >= 4 is 12.0 Å². The van der Waals surface area contributed by atoms with Crippen LogP contribution in [0.15, 0.2) is 23.8 Å². The van der Waals surface area contributed by atoms with Crippen LogP contribution in [0.25, 0.3) is 6.08 Å². The number of carboxylic acids is 1. The summed E-state index contributed by atoms with van der Waals surface area (Å²) in [5.74, 6) is -0.488. The van der Waals surface area contributed by atoms with Gasteiger partial charge < -0.3 is 14.9 Å². The maximum Gasteiger partial charge on any atom is 0.331 e. The number of hydrogen-bond donors (Lipinski definition) is 2. The molecule has 0 amide bonds. The molecule has 0 aromatic heterocycles. The Kier molecular flexibility index (Phi) is 3.33. The summed E-state index contributed by atoms with van der Waals surface area (Å²) in [6.45, 7) is 1.46. The molecular formula is C11H12O4. The molecule has 0 bridgehead atoms. The van der Waals surface area contributed by atoms with Gasteiger partial charge in [-0.05, 0) is 25.1 Å². The normalized spacial score (nSPS) is 11.2. The number of aromatic hydroxyl groups is 1. The van der Waals surface area contributed by atoms with Gasteiger partial charge >= 0.3 is 5.97 Å². The van der Waals surface area contributed by atoms with E-state index in [1.807, 2.05) is 0 Å². The van der Waals surface area contributed by atoms with Crippen LogP contribution in [0.1, 0.15) is 12.5 Å². The van der Waals surface area contributed by atoms with Crippen molar-refractivity contribution in [3.63, 3.8) is 0 Å². The number of carbonyl (C=O) groups is 1. The van der Waals surface area contributed by atoms with Crippen molar-refractivity contribution in [1.82, 2.24) is 0 Å². The van der Waals surface area contributed by atoms with E-state index in [9.17, 15) is 9.90 Å². The molecule has 0 aliphatic carbocycles. The zero-order chi connectivity index (χ0) is 11.4. The van der Waals surface area contributed by atoms with E-state index in [1.165, 1.54) is 26.2 Å². The van der Waals surface area contributed by atoms with Gasteiger partial charge in [0.25, 0.3) is 0 Å². The van der Waals surface area contributed by atoms with E-state index in [1.54, 1.807) is 12.1 Å². The topological polar surface area (TPSA) is 66.8 Å². The third-order valence-electron chi connectivity index (χ3n) is 1.95. The molecule has 0 radical (unpaired) electrons. The molecule has 1 aromatic rings. The highest BCUT2D eigenvalue weighted by atomic mass is 16.5. The molecule has 1 rings (SSSR count). The van der Waals surface area contributed by atoms with Crippen LogP contribution >= 0.6 is 0 Å². The van der Waals surface area contributed by atoms with Crippen molar-refractivity contribution in [2.45, 2.75) is 6.92 Å². The summed E-state index contributed by atoms with van der Waals surface area (Å²) < 4.78 is 4.91. The highest BCUT2D eigenvalue weighted by Crippen LogP contribution is 2.25. The standard InChI is InChI=1S/C11H12O4/c1-7(11(13)14)5-8-3-4-9(15-2)6-10(8)12/h3-6,12H,1-2H3,(H,13,14). The number of benzene rings is 1. The minimum absolute atomic E-state index is 0.00468. The van der Waals surface area contributed by atoms with Crippen LogP contribution in [0.2, 0.25) is 0 Å². The summed E-state index contributed by atoms with van der Waals surface area (Å²) >= 11 is 0. The van der Waals surface area contributed by atoms with Gasteiger partial charge in [-0.25, -0.2) is 4.79 Å². The molecule has 15 heavy (non-hydrogen) atoms. The van der Waals surface area contributed by atoms with Crippen molar-refractivity contribution < 1.29 is 19.7 Å². The molecule has 0 heterocycles. The minimum atomic E-state index is -1.01. The van der Waals surface area contributed by atoms with E-state index in [4.69, 9.17) is 9.84 Å². The van der Waals surface area contributed by atoms with Crippen LogP contribution in [0.5, 0.6) is 11.5 Å². The molecule has 0 fully saturated rings. The zero-order valence-corrected chi connectivity index (χ0v) is 8.52. The smallest absolute Gasteiger partial charge is 0.331 e. The Labute approximate surface area is 87.4 Å². The predicted molar refractivity (Wildman–Crippen MR) is 55.9 cm³/mol. The van der Waals surface area contributed by atoms with Gasteiger partial charge in [0.15, 0.2) is 0 Å². The van der Waals surface area contributed by atoms with Crippen molar-refractivity contribution in [3.8, 4) is 11.5 Å². The van der Waals surface area contributed by atoms with Gasteiger partial charge in [0.1, 0.15) is 11.5 Å². The maximum absolute atomic E-state index is 10.6. The first kappa shape index (κ1) is 11.1. The lowest BCUT2D eigenvalue weighted by atomic mass is 10.1. The van der Waals surface area contributed by atoms with Gasteiger partial charge in [-0.2, -0.15) is 0 Å². The minimum Gasteiger partial charge on any atom is -0.507 e. The van der Waals surface area contributed by atoms with E-state index in [0.717, 1.165) is 0 Å². The first-order chi connectivity index (χ1) is 7.04. The Hall–Kier alpha value is -1.97. The van der Waals surface area contributed by atoms with Crippen molar-refractivity contribution in [3.05, 3.63) is 29.3 Å². The second kappa shape index (κ2) is 4.50. The third-order valence-corrected chi connectivity index (χ3v) is 1.95. The number of rotatable bonds is 3. The van der Waals surface area contributed by atoms with Crippen LogP contribution in [-0.2, 0) is 4.79 Å². The lowest BCUT2D eigenvalue weighted by Gasteiger charge is -2.03. The highest BCUT2D eigenvalue weighted by Gasteiger charge is 2.04. The van der Waals surface area contributed by atoms with Gasteiger partial charge in [0, 0.05) is 17.2 Å². The summed E-state index contributed by atoms with van der Waals surface area (Å²) in [4.78, 5) is 10.6. The van der Waals surface area contributed by atoms with E-state index in [-0.39, 0.29) is 11.3 Å². The Morgan fingerprint density at radius 2 is 2.13 bits per heavy atom. The molecular weight excluding hydrogens is 196 g/mol. The number of methoxy groups -OCH3 is 1. The van der Waals surface area contributed by atoms with E-state index in [0.29, 0.717) is 11.3 Å². The number of aliphatic carboxylic acids is 1. The molecule has 0 atom stereocenters. The highest BCUT2D eigenvalue weighted by molar-refractivity contribution is 5.91. The Bertz CT molecular complexity index is 407. The number of hydrogen-bond acceptors (Lipinski definition) is 3. The second-order valence-electron chi connectivity index (χ2n) is 3.06. The van der Waals surface area contributed by atoms with Crippen LogP contribution in [0.4, 0.5) is 0 Å². The SMILES string of the molecule is COc1ccc(C=C(C)C(=O)O)c(O)c1. The van der Waals surface area contributed by atoms with Gasteiger partial charge in [-0.1, -0.05) is 0 Å². The van der Waals surface area contributed by atoms with Crippen LogP contribution < -0.4 is 4.74 Å². The number of phenolic OH excluding ortho intramolecular Hbond substituents is 1. The Balaban J connectivity index is 3.07. The van der Waals surface area contributed by atoms with Crippen molar-refractivity contribution in [2.24, 2.45) is 0 Å². The van der Waals surface area contributed by atoms with Crippen molar-refractivity contribution in [2.75, 3.05) is 7.11 Å². The summed E-state index contributed by atoms with van der Waals surface area (Å²) in [6.07, 6.45) is 1.40. The molecule has 4 heteroatoms. The average Bonchev–Trinajstić information content (AvgIpc) is 2.20. The van der Waals surface area contributed by atoms with Gasteiger partial charge in [-0.15, -0.1) is 0 Å². The maximum atomic E-state index is 10.6. The first-order valence-electron chi connectivity index (χ1n) is 4.33. The average molecular weight is 208 g/mol. The number of carboxylic acid groups (broad SMARTS) is 1. The van der Waals surface area contributed by atoms with E-state index >= 15 is 0 Å². The fraction of sp³-hybridized carbons (Fsp3) is 0.182. The Morgan fingerprint density at radius 1 is 1.47 bits per heavy atom. The molecule has 0 saturated heterocycles. The Morgan fingerprint density at radius 3 is 2.60 bits per heavy atom. The van der Waals surface area contributed by atoms with Crippen LogP contribution in [-0.4, -0.2) is 23.3 Å². The van der Waals surface area contributed by atoms with Gasteiger partial charge in [0.2, 0.25) is 0 Å². The summed E-state index contributed by atoms with van der Waals surface area (Å²) in [5.41, 5.74) is 0.617. The number of phenols is 1.